The van der Waals surface area contributed by atoms with Crippen molar-refractivity contribution in [3.8, 4) is 0 Å². The van der Waals surface area contributed by atoms with Gasteiger partial charge in [-0.15, -0.1) is 0 Å². The third-order valence-electron chi connectivity index (χ3n) is 4.07. The summed E-state index contributed by atoms with van der Waals surface area (Å²) in [6, 6.07) is -0.120. The summed E-state index contributed by atoms with van der Waals surface area (Å²) in [5.41, 5.74) is 0. The SMILES string of the molecule is COC(=O)[C@@H]1NCC[C@@H]1C1CCC(O)CC1. The van der Waals surface area contributed by atoms with Gasteiger partial charge in [0.25, 0.3) is 0 Å². The van der Waals surface area contributed by atoms with Crippen LogP contribution >= 0.6 is 0 Å². The highest BCUT2D eigenvalue weighted by atomic mass is 16.5. The van der Waals surface area contributed by atoms with Crippen molar-refractivity contribution in [1.82, 2.24) is 5.32 Å². The number of methoxy groups -OCH3 is 1. The predicted molar refractivity (Wildman–Crippen MR) is 59.9 cm³/mol. The van der Waals surface area contributed by atoms with Crippen LogP contribution < -0.4 is 5.32 Å². The number of hydrogen-bond acceptors (Lipinski definition) is 4. The zero-order chi connectivity index (χ0) is 11.5. The number of nitrogens with one attached hydrogen (secondary N) is 1. The Labute approximate surface area is 96.4 Å². The van der Waals surface area contributed by atoms with Gasteiger partial charge in [0.2, 0.25) is 0 Å². The fourth-order valence-corrected chi connectivity index (χ4v) is 3.15. The summed E-state index contributed by atoms with van der Waals surface area (Å²) in [7, 11) is 1.45. The second-order valence-electron chi connectivity index (χ2n) is 4.98. The Morgan fingerprint density at radius 3 is 2.56 bits per heavy atom. The Bertz CT molecular complexity index is 249. The lowest BCUT2D eigenvalue weighted by molar-refractivity contribution is -0.144. The van der Waals surface area contributed by atoms with E-state index in [1.54, 1.807) is 0 Å². The molecule has 2 fully saturated rings. The molecule has 1 aliphatic heterocycles. The summed E-state index contributed by atoms with van der Waals surface area (Å²) < 4.78 is 4.83. The fraction of sp³-hybridized carbons (Fsp3) is 0.917. The molecule has 4 nitrogen and oxygen atoms in total. The molecule has 16 heavy (non-hydrogen) atoms. The highest BCUT2D eigenvalue weighted by Crippen LogP contribution is 2.36. The lowest BCUT2D eigenvalue weighted by atomic mass is 9.76. The largest absolute Gasteiger partial charge is 0.468 e. The van der Waals surface area contributed by atoms with Crippen LogP contribution in [0, 0.1) is 11.8 Å². The Morgan fingerprint density at radius 1 is 1.25 bits per heavy atom. The van der Waals surface area contributed by atoms with Crippen molar-refractivity contribution in [3.63, 3.8) is 0 Å². The van der Waals surface area contributed by atoms with E-state index in [1.807, 2.05) is 0 Å². The minimum atomic E-state index is -0.131. The maximum Gasteiger partial charge on any atom is 0.323 e. The topological polar surface area (TPSA) is 58.6 Å². The molecule has 1 saturated heterocycles. The molecule has 1 aliphatic carbocycles. The van der Waals surface area contributed by atoms with E-state index >= 15 is 0 Å². The maximum atomic E-state index is 11.6. The molecule has 1 heterocycles. The maximum absolute atomic E-state index is 11.6. The number of ether oxygens (including phenoxy) is 1. The van der Waals surface area contributed by atoms with E-state index in [-0.39, 0.29) is 18.1 Å². The molecule has 0 bridgehead atoms. The lowest BCUT2D eigenvalue weighted by Crippen LogP contribution is -2.40. The number of aliphatic hydroxyl groups is 1. The van der Waals surface area contributed by atoms with E-state index < -0.39 is 0 Å². The standard InChI is InChI=1S/C12H21NO3/c1-16-12(15)11-10(6-7-13-11)8-2-4-9(14)5-3-8/h8-11,13-14H,2-7H2,1H3/t8?,9?,10-,11-/m1/s1. The molecule has 0 radical (unpaired) electrons. The van der Waals surface area contributed by atoms with E-state index in [1.165, 1.54) is 7.11 Å². The van der Waals surface area contributed by atoms with Crippen molar-refractivity contribution in [2.75, 3.05) is 13.7 Å². The molecule has 2 N–H and O–H groups in total. The number of carbonyl (C=O) groups is 1. The molecule has 0 spiro atoms. The van der Waals surface area contributed by atoms with Gasteiger partial charge in [0.1, 0.15) is 6.04 Å². The molecule has 4 heteroatoms. The van der Waals surface area contributed by atoms with E-state index in [0.29, 0.717) is 11.8 Å². The predicted octanol–water partition coefficient (Wildman–Crippen LogP) is 0.689. The monoisotopic (exact) mass is 227 g/mol. The average molecular weight is 227 g/mol. The number of rotatable bonds is 2. The first kappa shape index (κ1) is 11.9. The van der Waals surface area contributed by atoms with Gasteiger partial charge in [0.15, 0.2) is 0 Å². The Hall–Kier alpha value is -0.610. The summed E-state index contributed by atoms with van der Waals surface area (Å²) in [6.07, 6.45) is 4.79. The van der Waals surface area contributed by atoms with Crippen LogP contribution in [0.25, 0.3) is 0 Å². The zero-order valence-corrected chi connectivity index (χ0v) is 9.82. The van der Waals surface area contributed by atoms with Crippen LogP contribution in [0.5, 0.6) is 0 Å². The van der Waals surface area contributed by atoms with Crippen molar-refractivity contribution >= 4 is 5.97 Å². The Morgan fingerprint density at radius 2 is 1.94 bits per heavy atom. The Balaban J connectivity index is 1.94. The number of esters is 1. The van der Waals surface area contributed by atoms with Crippen LogP contribution in [0.4, 0.5) is 0 Å². The van der Waals surface area contributed by atoms with Gasteiger partial charge in [-0.05, 0) is 50.5 Å². The van der Waals surface area contributed by atoms with Gasteiger partial charge in [-0.2, -0.15) is 0 Å². The van der Waals surface area contributed by atoms with Crippen molar-refractivity contribution in [2.45, 2.75) is 44.2 Å². The van der Waals surface area contributed by atoms with Crippen LogP contribution in [0.2, 0.25) is 0 Å². The van der Waals surface area contributed by atoms with Crippen molar-refractivity contribution in [2.24, 2.45) is 11.8 Å². The molecule has 92 valence electrons. The minimum Gasteiger partial charge on any atom is -0.468 e. The van der Waals surface area contributed by atoms with Gasteiger partial charge in [-0.25, -0.2) is 0 Å². The lowest BCUT2D eigenvalue weighted by Gasteiger charge is -2.32. The average Bonchev–Trinajstić information content (AvgIpc) is 2.78. The van der Waals surface area contributed by atoms with Gasteiger partial charge < -0.3 is 15.2 Å². The van der Waals surface area contributed by atoms with Gasteiger partial charge in [-0.3, -0.25) is 4.79 Å². The number of aliphatic hydroxyl groups excluding tert-OH is 1. The van der Waals surface area contributed by atoms with Gasteiger partial charge >= 0.3 is 5.97 Å². The molecule has 2 aliphatic rings. The van der Waals surface area contributed by atoms with E-state index in [4.69, 9.17) is 4.74 Å². The molecule has 0 aromatic rings. The van der Waals surface area contributed by atoms with Crippen LogP contribution in [0.15, 0.2) is 0 Å². The van der Waals surface area contributed by atoms with E-state index in [0.717, 1.165) is 38.6 Å². The Kier molecular flexibility index (Phi) is 3.82. The summed E-state index contributed by atoms with van der Waals surface area (Å²) in [6.45, 7) is 0.906. The van der Waals surface area contributed by atoms with Gasteiger partial charge in [0.05, 0.1) is 13.2 Å². The van der Waals surface area contributed by atoms with Crippen LogP contribution in [-0.2, 0) is 9.53 Å². The van der Waals surface area contributed by atoms with Crippen molar-refractivity contribution in [3.05, 3.63) is 0 Å². The first-order valence-corrected chi connectivity index (χ1v) is 6.21. The third-order valence-corrected chi connectivity index (χ3v) is 4.07. The smallest absolute Gasteiger partial charge is 0.323 e. The molecular weight excluding hydrogens is 206 g/mol. The molecule has 0 amide bonds. The summed E-state index contributed by atoms with van der Waals surface area (Å²) in [4.78, 5) is 11.6. The molecule has 0 aromatic carbocycles. The molecule has 0 aromatic heterocycles. The molecular formula is C12H21NO3. The minimum absolute atomic E-state index is 0.120. The second kappa shape index (κ2) is 5.15. The van der Waals surface area contributed by atoms with Crippen LogP contribution in [-0.4, -0.2) is 36.9 Å². The van der Waals surface area contributed by atoms with Crippen molar-refractivity contribution in [1.29, 1.82) is 0 Å². The molecule has 2 rings (SSSR count). The quantitative estimate of drug-likeness (QED) is 0.681. The van der Waals surface area contributed by atoms with Crippen molar-refractivity contribution < 1.29 is 14.6 Å². The first-order valence-electron chi connectivity index (χ1n) is 6.21. The number of carbonyl (C=O) groups excluding carboxylic acids is 1. The van der Waals surface area contributed by atoms with Gasteiger partial charge in [0, 0.05) is 0 Å². The van der Waals surface area contributed by atoms with Crippen LogP contribution in [0.1, 0.15) is 32.1 Å². The highest BCUT2D eigenvalue weighted by molar-refractivity contribution is 5.76. The normalized spacial score (nSPS) is 39.6. The highest BCUT2D eigenvalue weighted by Gasteiger charge is 2.39. The second-order valence-corrected chi connectivity index (χ2v) is 4.98. The molecule has 2 atom stereocenters. The first-order chi connectivity index (χ1) is 7.72. The third kappa shape index (κ3) is 2.38. The van der Waals surface area contributed by atoms with E-state index in [9.17, 15) is 9.90 Å². The summed E-state index contributed by atoms with van der Waals surface area (Å²) in [5, 5.41) is 12.7. The van der Waals surface area contributed by atoms with Gasteiger partial charge in [-0.1, -0.05) is 0 Å². The molecule has 1 saturated carbocycles. The summed E-state index contributed by atoms with van der Waals surface area (Å²) >= 11 is 0. The molecule has 0 unspecified atom stereocenters. The fourth-order valence-electron chi connectivity index (χ4n) is 3.15. The van der Waals surface area contributed by atoms with Crippen LogP contribution in [0.3, 0.4) is 0 Å². The summed E-state index contributed by atoms with van der Waals surface area (Å²) in [5.74, 6) is 0.844. The zero-order valence-electron chi connectivity index (χ0n) is 9.82. The van der Waals surface area contributed by atoms with E-state index in [2.05, 4.69) is 5.32 Å². The number of hydrogen-bond donors (Lipinski definition) is 2.